The second kappa shape index (κ2) is 6.86. The number of nitrogens with two attached hydrogens (primary N) is 1. The number of hydrogen-bond acceptors (Lipinski definition) is 3. The maximum atomic E-state index is 12.9. The molecular weight excluding hydrogens is 277 g/mol. The molecule has 0 aliphatic heterocycles. The number of rotatable bonds is 6. The van der Waals surface area contributed by atoms with Crippen molar-refractivity contribution in [2.45, 2.75) is 0 Å². The highest BCUT2D eigenvalue weighted by molar-refractivity contribution is 7.80. The fourth-order valence-corrected chi connectivity index (χ4v) is 1.73. The van der Waals surface area contributed by atoms with Crippen LogP contribution >= 0.6 is 12.2 Å². The van der Waals surface area contributed by atoms with E-state index in [1.165, 1.54) is 12.1 Å². The van der Waals surface area contributed by atoms with Crippen LogP contribution in [0.3, 0.4) is 0 Å². The molecule has 0 spiro atoms. The quantitative estimate of drug-likeness (QED) is 0.656. The fraction of sp³-hybridized carbons (Fsp3) is 0.133. The summed E-state index contributed by atoms with van der Waals surface area (Å²) in [6.45, 7) is 0.698. The van der Waals surface area contributed by atoms with Crippen LogP contribution in [-0.2, 0) is 0 Å². The summed E-state index contributed by atoms with van der Waals surface area (Å²) in [5.41, 5.74) is 6.30. The van der Waals surface area contributed by atoms with Crippen LogP contribution in [0.2, 0.25) is 0 Å². The highest BCUT2D eigenvalue weighted by Crippen LogP contribution is 2.13. The van der Waals surface area contributed by atoms with Crippen molar-refractivity contribution in [2.24, 2.45) is 5.73 Å². The molecule has 0 fully saturated rings. The lowest BCUT2D eigenvalue weighted by atomic mass is 10.2. The Morgan fingerprint density at radius 3 is 2.25 bits per heavy atom. The number of benzene rings is 2. The highest BCUT2D eigenvalue weighted by atomic mass is 32.1. The van der Waals surface area contributed by atoms with E-state index >= 15 is 0 Å². The number of hydrogen-bond donors (Lipinski definition) is 1. The second-order valence-corrected chi connectivity index (χ2v) is 4.48. The van der Waals surface area contributed by atoms with E-state index in [1.54, 1.807) is 36.4 Å². The van der Waals surface area contributed by atoms with Crippen molar-refractivity contribution in [3.63, 3.8) is 0 Å². The van der Waals surface area contributed by atoms with Gasteiger partial charge in [0.15, 0.2) is 0 Å². The molecule has 0 saturated heterocycles. The molecule has 5 heteroatoms. The van der Waals surface area contributed by atoms with Gasteiger partial charge >= 0.3 is 0 Å². The summed E-state index contributed by atoms with van der Waals surface area (Å²) in [4.78, 5) is 0.353. The standard InChI is InChI=1S/C15H14FNO2S/c16-12-2-1-3-14(10-12)19-9-8-18-13-6-4-11(5-7-13)15(17)20/h1-7,10H,8-9H2,(H2,17,20). The molecule has 0 heterocycles. The minimum absolute atomic E-state index is 0.322. The smallest absolute Gasteiger partial charge is 0.126 e. The summed E-state index contributed by atoms with van der Waals surface area (Å²) < 4.78 is 23.8. The maximum Gasteiger partial charge on any atom is 0.126 e. The van der Waals surface area contributed by atoms with Crippen LogP contribution in [0.5, 0.6) is 11.5 Å². The molecule has 2 N–H and O–H groups in total. The Bertz CT molecular complexity index is 587. The largest absolute Gasteiger partial charge is 0.490 e. The van der Waals surface area contributed by atoms with E-state index in [1.807, 2.05) is 0 Å². The number of thiocarbonyl (C=S) groups is 1. The van der Waals surface area contributed by atoms with E-state index in [0.29, 0.717) is 29.7 Å². The van der Waals surface area contributed by atoms with E-state index in [2.05, 4.69) is 0 Å². The average molecular weight is 291 g/mol. The van der Waals surface area contributed by atoms with E-state index in [9.17, 15) is 4.39 Å². The summed E-state index contributed by atoms with van der Waals surface area (Å²) >= 11 is 4.86. The van der Waals surface area contributed by atoms with E-state index in [0.717, 1.165) is 5.56 Å². The Morgan fingerprint density at radius 2 is 1.65 bits per heavy atom. The minimum Gasteiger partial charge on any atom is -0.490 e. The molecule has 0 bridgehead atoms. The maximum absolute atomic E-state index is 12.9. The van der Waals surface area contributed by atoms with E-state index < -0.39 is 0 Å². The summed E-state index contributed by atoms with van der Waals surface area (Å²) in [6.07, 6.45) is 0. The Labute approximate surface area is 122 Å². The topological polar surface area (TPSA) is 44.5 Å². The zero-order valence-electron chi connectivity index (χ0n) is 10.7. The van der Waals surface area contributed by atoms with Crippen molar-refractivity contribution in [1.82, 2.24) is 0 Å². The third kappa shape index (κ3) is 4.20. The van der Waals surface area contributed by atoms with E-state index in [-0.39, 0.29) is 5.82 Å². The molecule has 0 saturated carbocycles. The molecule has 2 aromatic carbocycles. The molecule has 0 atom stereocenters. The molecule has 20 heavy (non-hydrogen) atoms. The van der Waals surface area contributed by atoms with Gasteiger partial charge in [-0.05, 0) is 36.4 Å². The van der Waals surface area contributed by atoms with Crippen molar-refractivity contribution in [3.8, 4) is 11.5 Å². The van der Waals surface area contributed by atoms with Gasteiger partial charge in [-0.25, -0.2) is 4.39 Å². The van der Waals surface area contributed by atoms with Gasteiger partial charge in [0, 0.05) is 11.6 Å². The van der Waals surface area contributed by atoms with Crippen molar-refractivity contribution in [1.29, 1.82) is 0 Å². The predicted octanol–water partition coefficient (Wildman–Crippen LogP) is 2.92. The normalized spacial score (nSPS) is 10.1. The molecule has 0 radical (unpaired) electrons. The lowest BCUT2D eigenvalue weighted by Crippen LogP contribution is -2.10. The van der Waals surface area contributed by atoms with Crippen LogP contribution in [0.25, 0.3) is 0 Å². The van der Waals surface area contributed by atoms with Crippen LogP contribution in [-0.4, -0.2) is 18.2 Å². The molecule has 0 aromatic heterocycles. The Kier molecular flexibility index (Phi) is 4.90. The first kappa shape index (κ1) is 14.3. The van der Waals surface area contributed by atoms with Crippen LogP contribution in [0, 0.1) is 5.82 Å². The summed E-state index contributed by atoms with van der Waals surface area (Å²) in [5.74, 6) is 0.863. The fourth-order valence-electron chi connectivity index (χ4n) is 1.59. The van der Waals surface area contributed by atoms with Gasteiger partial charge in [-0.3, -0.25) is 0 Å². The Morgan fingerprint density at radius 1 is 1.00 bits per heavy atom. The van der Waals surface area contributed by atoms with Crippen LogP contribution in [0.1, 0.15) is 5.56 Å². The summed E-state index contributed by atoms with van der Waals surface area (Å²) in [7, 11) is 0. The monoisotopic (exact) mass is 291 g/mol. The highest BCUT2D eigenvalue weighted by Gasteiger charge is 1.99. The molecule has 104 valence electrons. The van der Waals surface area contributed by atoms with Gasteiger partial charge in [-0.2, -0.15) is 0 Å². The first-order valence-electron chi connectivity index (χ1n) is 6.06. The van der Waals surface area contributed by atoms with Crippen molar-refractivity contribution in [2.75, 3.05) is 13.2 Å². The van der Waals surface area contributed by atoms with Crippen molar-refractivity contribution < 1.29 is 13.9 Å². The zero-order chi connectivity index (χ0) is 14.4. The lowest BCUT2D eigenvalue weighted by Gasteiger charge is -2.08. The zero-order valence-corrected chi connectivity index (χ0v) is 11.5. The predicted molar refractivity (Wildman–Crippen MR) is 79.7 cm³/mol. The lowest BCUT2D eigenvalue weighted by molar-refractivity contribution is 0.216. The first-order valence-corrected chi connectivity index (χ1v) is 6.47. The molecule has 0 amide bonds. The number of halogens is 1. The van der Waals surface area contributed by atoms with Gasteiger partial charge in [0.25, 0.3) is 0 Å². The molecule has 0 aliphatic carbocycles. The Balaban J connectivity index is 1.77. The van der Waals surface area contributed by atoms with Gasteiger partial charge in [-0.15, -0.1) is 0 Å². The van der Waals surface area contributed by atoms with E-state index in [4.69, 9.17) is 27.4 Å². The molecule has 2 aromatic rings. The van der Waals surface area contributed by atoms with Crippen molar-refractivity contribution >= 4 is 17.2 Å². The minimum atomic E-state index is -0.322. The van der Waals surface area contributed by atoms with Gasteiger partial charge in [0.2, 0.25) is 0 Å². The van der Waals surface area contributed by atoms with Crippen LogP contribution in [0.15, 0.2) is 48.5 Å². The molecule has 2 rings (SSSR count). The second-order valence-electron chi connectivity index (χ2n) is 4.04. The van der Waals surface area contributed by atoms with Crippen LogP contribution in [0.4, 0.5) is 4.39 Å². The van der Waals surface area contributed by atoms with Crippen LogP contribution < -0.4 is 15.2 Å². The van der Waals surface area contributed by atoms with Gasteiger partial charge < -0.3 is 15.2 Å². The van der Waals surface area contributed by atoms with Gasteiger partial charge in [-0.1, -0.05) is 18.3 Å². The van der Waals surface area contributed by atoms with Gasteiger partial charge in [0.1, 0.15) is 35.5 Å². The average Bonchev–Trinajstić information content (AvgIpc) is 2.44. The summed E-state index contributed by atoms with van der Waals surface area (Å²) in [5, 5.41) is 0. The third-order valence-electron chi connectivity index (χ3n) is 2.56. The van der Waals surface area contributed by atoms with Crippen molar-refractivity contribution in [3.05, 3.63) is 59.9 Å². The number of ether oxygens (including phenoxy) is 2. The third-order valence-corrected chi connectivity index (χ3v) is 2.79. The molecular formula is C15H14FNO2S. The van der Waals surface area contributed by atoms with Gasteiger partial charge in [0.05, 0.1) is 0 Å². The molecule has 3 nitrogen and oxygen atoms in total. The Hall–Kier alpha value is -2.14. The molecule has 0 unspecified atom stereocenters. The SMILES string of the molecule is NC(=S)c1ccc(OCCOc2cccc(F)c2)cc1. The first-order chi connectivity index (χ1) is 9.65. The molecule has 0 aliphatic rings. The summed E-state index contributed by atoms with van der Waals surface area (Å²) in [6, 6.07) is 13.2.